The molecule has 2 N–H and O–H groups in total. The second kappa shape index (κ2) is 7.34. The highest BCUT2D eigenvalue weighted by atomic mass is 19.4. The molecule has 0 bridgehead atoms. The molecular weight excluding hydrogens is 357 g/mol. The number of benzene rings is 2. The summed E-state index contributed by atoms with van der Waals surface area (Å²) in [4.78, 5) is 15.7. The van der Waals surface area contributed by atoms with Gasteiger partial charge in [-0.2, -0.15) is 13.2 Å². The number of carbonyl (C=O) groups is 1. The number of aryl methyl sites for hydroxylation is 1. The number of amides is 1. The molecule has 0 fully saturated rings. The van der Waals surface area contributed by atoms with Gasteiger partial charge in [-0.1, -0.05) is 18.2 Å². The molecule has 0 atom stereocenters. The standard InChI is InChI=1S/C20H19F3N2O2/c1-3-27-18-9-8-13(20(21,22)23)10-17(18)25-19(26)11-15-12(2)24-16-7-5-4-6-14(15)16/h4-10,24H,3,11H2,1-2H3,(H,25,26). The van der Waals surface area contributed by atoms with Crippen molar-refractivity contribution >= 4 is 22.5 Å². The molecule has 1 amide bonds. The van der Waals surface area contributed by atoms with Gasteiger partial charge in [-0.3, -0.25) is 4.79 Å². The predicted octanol–water partition coefficient (Wildman–Crippen LogP) is 5.08. The van der Waals surface area contributed by atoms with Crippen molar-refractivity contribution in [2.45, 2.75) is 26.4 Å². The van der Waals surface area contributed by atoms with Crippen LogP contribution >= 0.6 is 0 Å². The first kappa shape index (κ1) is 18.8. The summed E-state index contributed by atoms with van der Waals surface area (Å²) >= 11 is 0. The SMILES string of the molecule is CCOc1ccc(C(F)(F)F)cc1NC(=O)Cc1c(C)[nH]c2ccccc12. The monoisotopic (exact) mass is 376 g/mol. The quantitative estimate of drug-likeness (QED) is 0.653. The molecule has 0 radical (unpaired) electrons. The Balaban J connectivity index is 1.87. The van der Waals surface area contributed by atoms with E-state index in [1.165, 1.54) is 6.07 Å². The number of fused-ring (bicyclic) bond motifs is 1. The largest absolute Gasteiger partial charge is 0.492 e. The van der Waals surface area contributed by atoms with Crippen LogP contribution in [-0.4, -0.2) is 17.5 Å². The number of H-pyrrole nitrogens is 1. The normalized spacial score (nSPS) is 11.6. The first-order chi connectivity index (χ1) is 12.8. The molecule has 0 unspecified atom stereocenters. The number of alkyl halides is 3. The minimum Gasteiger partial charge on any atom is -0.492 e. The fraction of sp³-hybridized carbons (Fsp3) is 0.250. The number of hydrogen-bond donors (Lipinski definition) is 2. The number of nitrogens with one attached hydrogen (secondary N) is 2. The zero-order chi connectivity index (χ0) is 19.6. The fourth-order valence-electron chi connectivity index (χ4n) is 3.00. The second-order valence-electron chi connectivity index (χ2n) is 6.14. The average Bonchev–Trinajstić information content (AvgIpc) is 2.91. The number of halogens is 3. The fourth-order valence-corrected chi connectivity index (χ4v) is 3.00. The molecule has 2 aromatic carbocycles. The lowest BCUT2D eigenvalue weighted by Crippen LogP contribution is -2.16. The van der Waals surface area contributed by atoms with E-state index in [2.05, 4.69) is 10.3 Å². The molecular formula is C20H19F3N2O2. The second-order valence-corrected chi connectivity index (χ2v) is 6.14. The van der Waals surface area contributed by atoms with Gasteiger partial charge in [-0.15, -0.1) is 0 Å². The lowest BCUT2D eigenvalue weighted by molar-refractivity contribution is -0.137. The van der Waals surface area contributed by atoms with Crippen molar-refractivity contribution < 1.29 is 22.7 Å². The summed E-state index contributed by atoms with van der Waals surface area (Å²) in [5, 5.41) is 3.48. The first-order valence-corrected chi connectivity index (χ1v) is 8.49. The third-order valence-electron chi connectivity index (χ3n) is 4.25. The van der Waals surface area contributed by atoms with E-state index in [9.17, 15) is 18.0 Å². The molecule has 27 heavy (non-hydrogen) atoms. The van der Waals surface area contributed by atoms with Crippen LogP contribution in [0.5, 0.6) is 5.75 Å². The van der Waals surface area contributed by atoms with Crippen molar-refractivity contribution in [3.63, 3.8) is 0 Å². The van der Waals surface area contributed by atoms with E-state index in [4.69, 9.17) is 4.74 Å². The van der Waals surface area contributed by atoms with Crippen LogP contribution in [0.4, 0.5) is 18.9 Å². The molecule has 3 rings (SSSR count). The Bertz CT molecular complexity index is 977. The van der Waals surface area contributed by atoms with Crippen molar-refractivity contribution in [1.82, 2.24) is 4.98 Å². The molecule has 0 aliphatic heterocycles. The Morgan fingerprint density at radius 3 is 2.63 bits per heavy atom. The highest BCUT2D eigenvalue weighted by Gasteiger charge is 2.31. The van der Waals surface area contributed by atoms with Gasteiger partial charge in [0.1, 0.15) is 5.75 Å². The van der Waals surface area contributed by atoms with E-state index >= 15 is 0 Å². The number of rotatable bonds is 5. The number of anilines is 1. The molecule has 7 heteroatoms. The highest BCUT2D eigenvalue weighted by Crippen LogP contribution is 2.35. The molecule has 0 saturated carbocycles. The van der Waals surface area contributed by atoms with Crippen molar-refractivity contribution in [2.24, 2.45) is 0 Å². The lowest BCUT2D eigenvalue weighted by Gasteiger charge is -2.15. The van der Waals surface area contributed by atoms with Gasteiger partial charge in [0.2, 0.25) is 5.91 Å². The van der Waals surface area contributed by atoms with Crippen LogP contribution < -0.4 is 10.1 Å². The number of hydrogen-bond acceptors (Lipinski definition) is 2. The van der Waals surface area contributed by atoms with Crippen LogP contribution in [0.25, 0.3) is 10.9 Å². The number of carbonyl (C=O) groups excluding carboxylic acids is 1. The van der Waals surface area contributed by atoms with Gasteiger partial charge < -0.3 is 15.0 Å². The van der Waals surface area contributed by atoms with Crippen molar-refractivity contribution in [2.75, 3.05) is 11.9 Å². The van der Waals surface area contributed by atoms with E-state index in [1.54, 1.807) is 6.92 Å². The molecule has 142 valence electrons. The molecule has 0 saturated heterocycles. The summed E-state index contributed by atoms with van der Waals surface area (Å²) in [6.07, 6.45) is -4.46. The zero-order valence-corrected chi connectivity index (χ0v) is 14.9. The van der Waals surface area contributed by atoms with E-state index in [0.717, 1.165) is 34.3 Å². The Morgan fingerprint density at radius 1 is 1.19 bits per heavy atom. The van der Waals surface area contributed by atoms with Crippen LogP contribution in [0.3, 0.4) is 0 Å². The maximum Gasteiger partial charge on any atom is 0.416 e. The van der Waals surface area contributed by atoms with Gasteiger partial charge in [0.05, 0.1) is 24.3 Å². The van der Waals surface area contributed by atoms with Crippen LogP contribution in [0.2, 0.25) is 0 Å². The Hall–Kier alpha value is -2.96. The lowest BCUT2D eigenvalue weighted by atomic mass is 10.1. The summed E-state index contributed by atoms with van der Waals surface area (Å²) in [7, 11) is 0. The van der Waals surface area contributed by atoms with Gasteiger partial charge in [-0.25, -0.2) is 0 Å². The molecule has 4 nitrogen and oxygen atoms in total. The minimum atomic E-state index is -4.50. The average molecular weight is 376 g/mol. The summed E-state index contributed by atoms with van der Waals surface area (Å²) in [5.74, 6) is -0.211. The summed E-state index contributed by atoms with van der Waals surface area (Å²) < 4.78 is 44.3. The van der Waals surface area contributed by atoms with E-state index in [0.29, 0.717) is 0 Å². The molecule has 3 aromatic rings. The molecule has 0 spiro atoms. The third-order valence-corrected chi connectivity index (χ3v) is 4.25. The van der Waals surface area contributed by atoms with Gasteiger partial charge in [0, 0.05) is 16.6 Å². The van der Waals surface area contributed by atoms with Crippen LogP contribution in [-0.2, 0) is 17.4 Å². The van der Waals surface area contributed by atoms with Gasteiger partial charge in [-0.05, 0) is 43.7 Å². The number of aromatic amines is 1. The predicted molar refractivity (Wildman–Crippen MR) is 98.0 cm³/mol. The first-order valence-electron chi connectivity index (χ1n) is 8.49. The third kappa shape index (κ3) is 4.07. The van der Waals surface area contributed by atoms with Gasteiger partial charge in [0.25, 0.3) is 0 Å². The van der Waals surface area contributed by atoms with Crippen molar-refractivity contribution in [1.29, 1.82) is 0 Å². The summed E-state index contributed by atoms with van der Waals surface area (Å²) in [5.41, 5.74) is 1.74. The van der Waals surface area contributed by atoms with E-state index in [-0.39, 0.29) is 24.5 Å². The number of para-hydroxylation sites is 1. The maximum atomic E-state index is 13.0. The van der Waals surface area contributed by atoms with Crippen molar-refractivity contribution in [3.05, 3.63) is 59.3 Å². The van der Waals surface area contributed by atoms with E-state index in [1.807, 2.05) is 31.2 Å². The highest BCUT2D eigenvalue weighted by molar-refractivity contribution is 5.97. The minimum absolute atomic E-state index is 0.00849. The Labute approximate surface area is 154 Å². The van der Waals surface area contributed by atoms with Gasteiger partial charge in [0.15, 0.2) is 0 Å². The van der Waals surface area contributed by atoms with Crippen LogP contribution in [0.1, 0.15) is 23.7 Å². The smallest absolute Gasteiger partial charge is 0.416 e. The number of aromatic nitrogens is 1. The van der Waals surface area contributed by atoms with Crippen LogP contribution in [0, 0.1) is 6.92 Å². The maximum absolute atomic E-state index is 13.0. The summed E-state index contributed by atoms with van der Waals surface area (Å²) in [6.45, 7) is 3.85. The van der Waals surface area contributed by atoms with Gasteiger partial charge >= 0.3 is 6.18 Å². The zero-order valence-electron chi connectivity index (χ0n) is 14.9. The Morgan fingerprint density at radius 2 is 1.93 bits per heavy atom. The van der Waals surface area contributed by atoms with E-state index < -0.39 is 17.6 Å². The van der Waals surface area contributed by atoms with Crippen LogP contribution in [0.15, 0.2) is 42.5 Å². The molecule has 1 aromatic heterocycles. The molecule has 0 aliphatic carbocycles. The Kier molecular flexibility index (Phi) is 5.12. The van der Waals surface area contributed by atoms with Crippen molar-refractivity contribution in [3.8, 4) is 5.75 Å². The topological polar surface area (TPSA) is 54.1 Å². The molecule has 0 aliphatic rings. The summed E-state index contributed by atoms with van der Waals surface area (Å²) in [6, 6.07) is 10.6. The number of ether oxygens (including phenoxy) is 1. The molecule has 1 heterocycles.